The Morgan fingerprint density at radius 1 is 0.500 bits per heavy atom. The van der Waals surface area contributed by atoms with Crippen molar-refractivity contribution in [2.24, 2.45) is 5.92 Å². The third kappa shape index (κ3) is 19.9. The van der Waals surface area contributed by atoms with Crippen LogP contribution in [0.1, 0.15) is 72.1 Å². The summed E-state index contributed by atoms with van der Waals surface area (Å²) in [5.74, 6) is 0.718. The van der Waals surface area contributed by atoms with Crippen LogP contribution in [0.5, 0.6) is 0 Å². The van der Waals surface area contributed by atoms with Crippen LogP contribution in [-0.4, -0.2) is 52.4 Å². The van der Waals surface area contributed by atoms with Gasteiger partial charge in [0.25, 0.3) is 0 Å². The summed E-state index contributed by atoms with van der Waals surface area (Å²) in [5, 5.41) is 14.2. The van der Waals surface area contributed by atoms with E-state index in [9.17, 15) is 0 Å². The lowest BCUT2D eigenvalue weighted by Crippen LogP contribution is -2.31. The average Bonchev–Trinajstić information content (AvgIpc) is 2.59. The molecule has 0 radical (unpaired) electrons. The molecule has 0 amide bonds. The molecular formula is C20H46N4. The molecule has 0 aliphatic heterocycles. The molecule has 0 saturated heterocycles. The average molecular weight is 343 g/mol. The zero-order valence-electron chi connectivity index (χ0n) is 16.9. The van der Waals surface area contributed by atoms with Crippen LogP contribution in [-0.2, 0) is 0 Å². The molecule has 0 atom stereocenters. The molecule has 0 aliphatic carbocycles. The SMILES string of the molecule is CCCCNCCCCNCC(C)CNCCCCNCCCC. The predicted octanol–water partition coefficient (Wildman–Crippen LogP) is 3.14. The summed E-state index contributed by atoms with van der Waals surface area (Å²) in [6.45, 7) is 16.1. The van der Waals surface area contributed by atoms with Gasteiger partial charge in [0.05, 0.1) is 0 Å². The molecule has 24 heavy (non-hydrogen) atoms. The highest BCUT2D eigenvalue weighted by atomic mass is 14.9. The molecule has 0 heterocycles. The van der Waals surface area contributed by atoms with Gasteiger partial charge in [-0.2, -0.15) is 0 Å². The maximum Gasteiger partial charge on any atom is -0.00110 e. The highest BCUT2D eigenvalue weighted by molar-refractivity contribution is 4.61. The summed E-state index contributed by atoms with van der Waals surface area (Å²) in [7, 11) is 0. The molecule has 0 saturated carbocycles. The minimum absolute atomic E-state index is 0.718. The molecule has 4 nitrogen and oxygen atoms in total. The van der Waals surface area contributed by atoms with Crippen LogP contribution in [0.15, 0.2) is 0 Å². The van der Waals surface area contributed by atoms with Gasteiger partial charge in [-0.25, -0.2) is 0 Å². The lowest BCUT2D eigenvalue weighted by molar-refractivity contribution is 0.460. The van der Waals surface area contributed by atoms with Crippen molar-refractivity contribution >= 4 is 0 Å². The van der Waals surface area contributed by atoms with Gasteiger partial charge in [-0.3, -0.25) is 0 Å². The van der Waals surface area contributed by atoms with Crippen molar-refractivity contribution < 1.29 is 0 Å². The van der Waals surface area contributed by atoms with E-state index < -0.39 is 0 Å². The van der Waals surface area contributed by atoms with E-state index in [0.717, 1.165) is 32.1 Å². The van der Waals surface area contributed by atoms with Crippen molar-refractivity contribution in [1.29, 1.82) is 0 Å². The summed E-state index contributed by atoms with van der Waals surface area (Å²) in [4.78, 5) is 0. The highest BCUT2D eigenvalue weighted by Crippen LogP contribution is 1.93. The fourth-order valence-corrected chi connectivity index (χ4v) is 2.62. The Kier molecular flexibility index (Phi) is 20.7. The Hall–Kier alpha value is -0.160. The largest absolute Gasteiger partial charge is 0.317 e. The van der Waals surface area contributed by atoms with Gasteiger partial charge < -0.3 is 21.3 Å². The van der Waals surface area contributed by atoms with Gasteiger partial charge in [0.15, 0.2) is 0 Å². The third-order valence-corrected chi connectivity index (χ3v) is 4.31. The second-order valence-electron chi connectivity index (χ2n) is 7.13. The van der Waals surface area contributed by atoms with Crippen LogP contribution in [0, 0.1) is 5.92 Å². The Balaban J connectivity index is 3.12. The molecule has 0 aliphatic rings. The van der Waals surface area contributed by atoms with Crippen LogP contribution in [0.3, 0.4) is 0 Å². The summed E-state index contributed by atoms with van der Waals surface area (Å²) >= 11 is 0. The first-order chi connectivity index (χ1) is 11.8. The van der Waals surface area contributed by atoms with Crippen LogP contribution < -0.4 is 21.3 Å². The van der Waals surface area contributed by atoms with E-state index in [1.807, 2.05) is 0 Å². The Labute approximate surface area is 152 Å². The van der Waals surface area contributed by atoms with E-state index in [1.165, 1.54) is 77.5 Å². The van der Waals surface area contributed by atoms with Crippen LogP contribution in [0.25, 0.3) is 0 Å². The number of hydrogen-bond acceptors (Lipinski definition) is 4. The normalized spacial score (nSPS) is 11.5. The van der Waals surface area contributed by atoms with Gasteiger partial charge in [-0.05, 0) is 96.8 Å². The predicted molar refractivity (Wildman–Crippen MR) is 109 cm³/mol. The molecule has 4 N–H and O–H groups in total. The molecular weight excluding hydrogens is 296 g/mol. The van der Waals surface area contributed by atoms with Crippen molar-refractivity contribution in [2.75, 3.05) is 52.4 Å². The minimum atomic E-state index is 0.718. The molecule has 4 heteroatoms. The van der Waals surface area contributed by atoms with Gasteiger partial charge >= 0.3 is 0 Å². The van der Waals surface area contributed by atoms with Crippen molar-refractivity contribution in [1.82, 2.24) is 21.3 Å². The van der Waals surface area contributed by atoms with Gasteiger partial charge in [0.2, 0.25) is 0 Å². The first-order valence-corrected chi connectivity index (χ1v) is 10.6. The van der Waals surface area contributed by atoms with E-state index in [1.54, 1.807) is 0 Å². The molecule has 0 fully saturated rings. The highest BCUT2D eigenvalue weighted by Gasteiger charge is 2.00. The molecule has 0 aromatic rings. The van der Waals surface area contributed by atoms with Crippen LogP contribution in [0.2, 0.25) is 0 Å². The summed E-state index contributed by atoms with van der Waals surface area (Å²) in [6, 6.07) is 0. The standard InChI is InChI=1S/C20H46N4/c1-4-6-12-21-14-8-10-16-23-18-20(3)19-24-17-11-9-15-22-13-7-5-2/h20-24H,4-19H2,1-3H3. The van der Waals surface area contributed by atoms with E-state index in [0.29, 0.717) is 0 Å². The Morgan fingerprint density at radius 2 is 0.833 bits per heavy atom. The third-order valence-electron chi connectivity index (χ3n) is 4.31. The molecule has 0 rings (SSSR count). The maximum atomic E-state index is 3.59. The van der Waals surface area contributed by atoms with Gasteiger partial charge in [-0.15, -0.1) is 0 Å². The zero-order valence-corrected chi connectivity index (χ0v) is 16.9. The molecule has 0 bridgehead atoms. The number of rotatable bonds is 20. The minimum Gasteiger partial charge on any atom is -0.317 e. The number of nitrogens with one attached hydrogen (secondary N) is 4. The topological polar surface area (TPSA) is 48.1 Å². The second-order valence-corrected chi connectivity index (χ2v) is 7.13. The lowest BCUT2D eigenvalue weighted by atomic mass is 10.1. The van der Waals surface area contributed by atoms with E-state index in [-0.39, 0.29) is 0 Å². The Bertz CT molecular complexity index is 202. The van der Waals surface area contributed by atoms with Crippen molar-refractivity contribution in [3.8, 4) is 0 Å². The second kappa shape index (κ2) is 20.9. The number of unbranched alkanes of at least 4 members (excludes halogenated alkanes) is 4. The van der Waals surface area contributed by atoms with E-state index in [2.05, 4.69) is 42.0 Å². The van der Waals surface area contributed by atoms with E-state index >= 15 is 0 Å². The van der Waals surface area contributed by atoms with Crippen molar-refractivity contribution in [3.63, 3.8) is 0 Å². The maximum absolute atomic E-state index is 3.59. The van der Waals surface area contributed by atoms with Crippen molar-refractivity contribution in [3.05, 3.63) is 0 Å². The number of hydrogen-bond donors (Lipinski definition) is 4. The van der Waals surface area contributed by atoms with E-state index in [4.69, 9.17) is 0 Å². The molecule has 0 unspecified atom stereocenters. The van der Waals surface area contributed by atoms with Gasteiger partial charge in [0, 0.05) is 0 Å². The van der Waals surface area contributed by atoms with Gasteiger partial charge in [0.1, 0.15) is 0 Å². The first-order valence-electron chi connectivity index (χ1n) is 10.6. The monoisotopic (exact) mass is 342 g/mol. The molecule has 0 spiro atoms. The molecule has 0 aromatic carbocycles. The Morgan fingerprint density at radius 3 is 1.21 bits per heavy atom. The van der Waals surface area contributed by atoms with Crippen LogP contribution >= 0.6 is 0 Å². The van der Waals surface area contributed by atoms with Gasteiger partial charge in [-0.1, -0.05) is 33.6 Å². The van der Waals surface area contributed by atoms with Crippen LogP contribution in [0.4, 0.5) is 0 Å². The smallest absolute Gasteiger partial charge is 0.00110 e. The quantitative estimate of drug-likeness (QED) is 0.257. The lowest BCUT2D eigenvalue weighted by Gasteiger charge is -2.14. The summed E-state index contributed by atoms with van der Waals surface area (Å²) in [5.41, 5.74) is 0. The summed E-state index contributed by atoms with van der Waals surface area (Å²) < 4.78 is 0. The summed E-state index contributed by atoms with van der Waals surface area (Å²) in [6.07, 6.45) is 10.3. The van der Waals surface area contributed by atoms with Crippen molar-refractivity contribution in [2.45, 2.75) is 72.1 Å². The molecule has 0 aromatic heterocycles. The first kappa shape index (κ1) is 23.8. The fourth-order valence-electron chi connectivity index (χ4n) is 2.62. The zero-order chi connectivity index (χ0) is 17.7. The fraction of sp³-hybridized carbons (Fsp3) is 1.00. The molecule has 146 valence electrons.